The molecule has 4 heteroatoms. The molecule has 2 fully saturated rings. The van der Waals surface area contributed by atoms with Crippen LogP contribution in [0.25, 0.3) is 0 Å². The van der Waals surface area contributed by atoms with Gasteiger partial charge < -0.3 is 4.90 Å². The van der Waals surface area contributed by atoms with Gasteiger partial charge in [-0.2, -0.15) is 0 Å². The van der Waals surface area contributed by atoms with Crippen LogP contribution < -0.4 is 4.90 Å². The molecule has 21 heavy (non-hydrogen) atoms. The number of hydrogen-bond acceptors (Lipinski definition) is 4. The van der Waals surface area contributed by atoms with Crippen molar-refractivity contribution >= 4 is 5.82 Å². The van der Waals surface area contributed by atoms with Crippen molar-refractivity contribution in [3.8, 4) is 0 Å². The number of nitrogens with zero attached hydrogens (tertiary/aromatic N) is 4. The van der Waals surface area contributed by atoms with E-state index in [2.05, 4.69) is 40.0 Å². The minimum atomic E-state index is 0.519. The van der Waals surface area contributed by atoms with Crippen molar-refractivity contribution < 1.29 is 0 Å². The molecule has 1 unspecified atom stereocenters. The minimum absolute atomic E-state index is 0.519. The van der Waals surface area contributed by atoms with Gasteiger partial charge in [0.05, 0.1) is 0 Å². The van der Waals surface area contributed by atoms with E-state index in [0.29, 0.717) is 11.8 Å². The summed E-state index contributed by atoms with van der Waals surface area (Å²) in [5.41, 5.74) is 2.29. The first-order chi connectivity index (χ1) is 10.3. The van der Waals surface area contributed by atoms with Gasteiger partial charge in [0.1, 0.15) is 11.6 Å². The summed E-state index contributed by atoms with van der Waals surface area (Å²) in [7, 11) is 0. The SMILES string of the molecule is Cc1cc(N2CCC(c3ccccn3)C2)nc(C2CC2)n1. The molecule has 0 radical (unpaired) electrons. The summed E-state index contributed by atoms with van der Waals surface area (Å²) in [5, 5.41) is 0. The highest BCUT2D eigenvalue weighted by atomic mass is 15.2. The van der Waals surface area contributed by atoms with E-state index in [0.717, 1.165) is 36.8 Å². The van der Waals surface area contributed by atoms with Crippen molar-refractivity contribution in [2.24, 2.45) is 0 Å². The van der Waals surface area contributed by atoms with Gasteiger partial charge in [-0.25, -0.2) is 9.97 Å². The molecule has 0 spiro atoms. The molecule has 2 aromatic rings. The van der Waals surface area contributed by atoms with Crippen LogP contribution in [0.1, 0.15) is 48.3 Å². The number of rotatable bonds is 3. The topological polar surface area (TPSA) is 41.9 Å². The van der Waals surface area contributed by atoms with Crippen molar-refractivity contribution in [1.29, 1.82) is 0 Å². The Morgan fingerprint density at radius 1 is 1.10 bits per heavy atom. The first-order valence-corrected chi connectivity index (χ1v) is 7.81. The van der Waals surface area contributed by atoms with E-state index < -0.39 is 0 Å². The summed E-state index contributed by atoms with van der Waals surface area (Å²) in [6.07, 6.45) is 5.54. The number of aromatic nitrogens is 3. The Hall–Kier alpha value is -1.97. The second kappa shape index (κ2) is 5.10. The van der Waals surface area contributed by atoms with E-state index in [-0.39, 0.29) is 0 Å². The fourth-order valence-electron chi connectivity index (χ4n) is 3.09. The van der Waals surface area contributed by atoms with Gasteiger partial charge in [-0.1, -0.05) is 6.07 Å². The Labute approximate surface area is 125 Å². The molecule has 0 aromatic carbocycles. The van der Waals surface area contributed by atoms with E-state index in [1.165, 1.54) is 18.5 Å². The normalized spacial score (nSPS) is 21.8. The van der Waals surface area contributed by atoms with E-state index >= 15 is 0 Å². The molecule has 0 bridgehead atoms. The molecule has 4 nitrogen and oxygen atoms in total. The van der Waals surface area contributed by atoms with Crippen molar-refractivity contribution in [3.05, 3.63) is 47.7 Å². The predicted octanol–water partition coefficient (Wildman–Crippen LogP) is 3.05. The summed E-state index contributed by atoms with van der Waals surface area (Å²) < 4.78 is 0. The highest BCUT2D eigenvalue weighted by Gasteiger charge is 2.29. The molecule has 108 valence electrons. The fraction of sp³-hybridized carbons (Fsp3) is 0.471. The van der Waals surface area contributed by atoms with Gasteiger partial charge in [-0.3, -0.25) is 4.98 Å². The lowest BCUT2D eigenvalue weighted by molar-refractivity contribution is 0.743. The van der Waals surface area contributed by atoms with Gasteiger partial charge in [-0.05, 0) is 38.3 Å². The molecular formula is C17H20N4. The fourth-order valence-corrected chi connectivity index (χ4v) is 3.09. The maximum absolute atomic E-state index is 4.80. The second-order valence-electron chi connectivity index (χ2n) is 6.19. The zero-order valence-corrected chi connectivity index (χ0v) is 12.4. The van der Waals surface area contributed by atoms with Crippen molar-refractivity contribution in [3.63, 3.8) is 0 Å². The van der Waals surface area contributed by atoms with Crippen LogP contribution in [0.3, 0.4) is 0 Å². The quantitative estimate of drug-likeness (QED) is 0.866. The minimum Gasteiger partial charge on any atom is -0.356 e. The van der Waals surface area contributed by atoms with E-state index in [9.17, 15) is 0 Å². The molecule has 1 saturated carbocycles. The molecule has 1 atom stereocenters. The van der Waals surface area contributed by atoms with Gasteiger partial charge in [-0.15, -0.1) is 0 Å². The first kappa shape index (κ1) is 12.7. The molecule has 2 aliphatic rings. The third kappa shape index (κ3) is 2.62. The van der Waals surface area contributed by atoms with Crippen LogP contribution in [0.5, 0.6) is 0 Å². The molecule has 1 aliphatic heterocycles. The highest BCUT2D eigenvalue weighted by molar-refractivity contribution is 5.42. The number of anilines is 1. The highest BCUT2D eigenvalue weighted by Crippen LogP contribution is 2.39. The molecule has 2 aromatic heterocycles. The van der Waals surface area contributed by atoms with Gasteiger partial charge in [0.25, 0.3) is 0 Å². The van der Waals surface area contributed by atoms with Crippen molar-refractivity contribution in [1.82, 2.24) is 15.0 Å². The van der Waals surface area contributed by atoms with Gasteiger partial charge in [0, 0.05) is 48.6 Å². The van der Waals surface area contributed by atoms with Gasteiger partial charge in [0.2, 0.25) is 0 Å². The van der Waals surface area contributed by atoms with E-state index in [1.54, 1.807) is 0 Å². The zero-order valence-electron chi connectivity index (χ0n) is 12.4. The lowest BCUT2D eigenvalue weighted by Crippen LogP contribution is -2.21. The smallest absolute Gasteiger partial charge is 0.134 e. The van der Waals surface area contributed by atoms with Crippen LogP contribution in [-0.2, 0) is 0 Å². The second-order valence-corrected chi connectivity index (χ2v) is 6.19. The summed E-state index contributed by atoms with van der Waals surface area (Å²) in [6, 6.07) is 8.30. The average molecular weight is 280 g/mol. The number of pyridine rings is 1. The average Bonchev–Trinajstić information content (AvgIpc) is 3.24. The van der Waals surface area contributed by atoms with Crippen LogP contribution >= 0.6 is 0 Å². The lowest BCUT2D eigenvalue weighted by Gasteiger charge is -2.18. The molecule has 4 rings (SSSR count). The van der Waals surface area contributed by atoms with E-state index in [4.69, 9.17) is 4.98 Å². The summed E-state index contributed by atoms with van der Waals surface area (Å²) in [4.78, 5) is 16.3. The van der Waals surface area contributed by atoms with Crippen LogP contribution in [0.4, 0.5) is 5.82 Å². The lowest BCUT2D eigenvalue weighted by atomic mass is 10.0. The van der Waals surface area contributed by atoms with Crippen LogP contribution in [0.2, 0.25) is 0 Å². The van der Waals surface area contributed by atoms with Gasteiger partial charge in [0.15, 0.2) is 0 Å². The monoisotopic (exact) mass is 280 g/mol. The van der Waals surface area contributed by atoms with Crippen molar-refractivity contribution in [2.45, 2.75) is 38.0 Å². The van der Waals surface area contributed by atoms with Crippen LogP contribution in [0.15, 0.2) is 30.5 Å². The molecule has 0 amide bonds. The Balaban J connectivity index is 1.55. The number of aryl methyl sites for hydroxylation is 1. The summed E-state index contributed by atoms with van der Waals surface area (Å²) >= 11 is 0. The standard InChI is InChI=1S/C17H20N4/c1-12-10-16(20-17(19-12)13-5-6-13)21-9-7-14(11-21)15-4-2-3-8-18-15/h2-4,8,10,13-14H,5-7,9,11H2,1H3. The Morgan fingerprint density at radius 2 is 2.00 bits per heavy atom. The van der Waals surface area contributed by atoms with Crippen LogP contribution in [-0.4, -0.2) is 28.0 Å². The molecule has 1 saturated heterocycles. The van der Waals surface area contributed by atoms with Gasteiger partial charge >= 0.3 is 0 Å². The Kier molecular flexibility index (Phi) is 3.09. The molecule has 3 heterocycles. The first-order valence-electron chi connectivity index (χ1n) is 7.81. The third-order valence-corrected chi connectivity index (χ3v) is 4.42. The predicted molar refractivity (Wildman–Crippen MR) is 82.6 cm³/mol. The summed E-state index contributed by atoms with van der Waals surface area (Å²) in [5.74, 6) is 3.28. The third-order valence-electron chi connectivity index (χ3n) is 4.42. The zero-order chi connectivity index (χ0) is 14.2. The summed E-state index contributed by atoms with van der Waals surface area (Å²) in [6.45, 7) is 4.14. The van der Waals surface area contributed by atoms with Crippen LogP contribution in [0, 0.1) is 6.92 Å². The largest absolute Gasteiger partial charge is 0.356 e. The number of hydrogen-bond donors (Lipinski definition) is 0. The maximum atomic E-state index is 4.80. The van der Waals surface area contributed by atoms with Crippen molar-refractivity contribution in [2.75, 3.05) is 18.0 Å². The molecular weight excluding hydrogens is 260 g/mol. The molecule has 0 N–H and O–H groups in total. The Bertz CT molecular complexity index is 636. The van der Waals surface area contributed by atoms with E-state index in [1.807, 2.05) is 12.3 Å². The molecule has 1 aliphatic carbocycles. The Morgan fingerprint density at radius 3 is 2.76 bits per heavy atom. The maximum Gasteiger partial charge on any atom is 0.134 e.